The Kier molecular flexibility index (Phi) is 5.53. The Balaban J connectivity index is 0.00000161. The van der Waals surface area contributed by atoms with Crippen molar-refractivity contribution in [1.29, 1.82) is 0 Å². The van der Waals surface area contributed by atoms with Crippen molar-refractivity contribution in [2.45, 2.75) is 31.1 Å². The standard InChI is InChI=1S/C16H21ClN2O.ClH/c17-14-5-3-13(4-6-14)16(7-1-2-8-16)15(20)19-11-12-9-18-10-12;/h3-6,12,18H,1-2,7-11H2,(H,19,20);1H. The van der Waals surface area contributed by atoms with Crippen molar-refractivity contribution in [3.05, 3.63) is 34.9 Å². The number of halogens is 2. The second kappa shape index (κ2) is 6.99. The minimum Gasteiger partial charge on any atom is -0.355 e. The summed E-state index contributed by atoms with van der Waals surface area (Å²) < 4.78 is 0. The highest BCUT2D eigenvalue weighted by Crippen LogP contribution is 2.41. The molecule has 1 amide bonds. The third kappa shape index (κ3) is 3.36. The molecule has 5 heteroatoms. The van der Waals surface area contributed by atoms with E-state index in [0.717, 1.165) is 55.9 Å². The van der Waals surface area contributed by atoms with Crippen LogP contribution in [-0.2, 0) is 10.2 Å². The van der Waals surface area contributed by atoms with Crippen molar-refractivity contribution >= 4 is 29.9 Å². The molecule has 2 N–H and O–H groups in total. The summed E-state index contributed by atoms with van der Waals surface area (Å²) in [5.41, 5.74) is 0.783. The highest BCUT2D eigenvalue weighted by Gasteiger charge is 2.42. The van der Waals surface area contributed by atoms with E-state index < -0.39 is 0 Å². The molecule has 0 spiro atoms. The Morgan fingerprint density at radius 2 is 1.86 bits per heavy atom. The van der Waals surface area contributed by atoms with Gasteiger partial charge in [0, 0.05) is 30.6 Å². The second-order valence-corrected chi connectivity index (χ2v) is 6.47. The van der Waals surface area contributed by atoms with Gasteiger partial charge in [0.2, 0.25) is 5.91 Å². The summed E-state index contributed by atoms with van der Waals surface area (Å²) in [7, 11) is 0. The molecule has 1 saturated carbocycles. The third-order valence-corrected chi connectivity index (χ3v) is 4.96. The van der Waals surface area contributed by atoms with Crippen molar-refractivity contribution in [2.75, 3.05) is 19.6 Å². The lowest BCUT2D eigenvalue weighted by atomic mass is 9.78. The van der Waals surface area contributed by atoms with E-state index in [1.165, 1.54) is 0 Å². The monoisotopic (exact) mass is 328 g/mol. The lowest BCUT2D eigenvalue weighted by molar-refractivity contribution is -0.126. The molecule has 0 atom stereocenters. The fourth-order valence-corrected chi connectivity index (χ4v) is 3.42. The van der Waals surface area contributed by atoms with Crippen molar-refractivity contribution in [3.8, 4) is 0 Å². The van der Waals surface area contributed by atoms with Crippen LogP contribution in [0.15, 0.2) is 24.3 Å². The first-order valence-electron chi connectivity index (χ1n) is 7.46. The summed E-state index contributed by atoms with van der Waals surface area (Å²) in [4.78, 5) is 12.7. The van der Waals surface area contributed by atoms with Gasteiger partial charge in [-0.1, -0.05) is 36.6 Å². The van der Waals surface area contributed by atoms with Crippen molar-refractivity contribution in [2.24, 2.45) is 5.92 Å². The van der Waals surface area contributed by atoms with Crippen LogP contribution in [0.2, 0.25) is 5.02 Å². The molecule has 0 unspecified atom stereocenters. The van der Waals surface area contributed by atoms with Crippen LogP contribution in [0.3, 0.4) is 0 Å². The molecule has 1 aromatic carbocycles. The maximum Gasteiger partial charge on any atom is 0.230 e. The molecule has 0 radical (unpaired) electrons. The smallest absolute Gasteiger partial charge is 0.230 e. The second-order valence-electron chi connectivity index (χ2n) is 6.03. The van der Waals surface area contributed by atoms with Gasteiger partial charge in [-0.25, -0.2) is 0 Å². The fraction of sp³-hybridized carbons (Fsp3) is 0.562. The fourth-order valence-electron chi connectivity index (χ4n) is 3.29. The van der Waals surface area contributed by atoms with Gasteiger partial charge in [0.05, 0.1) is 5.41 Å². The molecule has 3 nitrogen and oxygen atoms in total. The summed E-state index contributed by atoms with van der Waals surface area (Å²) >= 11 is 5.96. The molecule has 0 bridgehead atoms. The van der Waals surface area contributed by atoms with Crippen molar-refractivity contribution < 1.29 is 4.79 Å². The largest absolute Gasteiger partial charge is 0.355 e. The number of amides is 1. The Morgan fingerprint density at radius 1 is 1.24 bits per heavy atom. The molecule has 3 rings (SSSR count). The van der Waals surface area contributed by atoms with E-state index in [1.54, 1.807) is 0 Å². The average Bonchev–Trinajstić information content (AvgIpc) is 2.88. The summed E-state index contributed by atoms with van der Waals surface area (Å²) in [5.74, 6) is 0.798. The maximum absolute atomic E-state index is 12.7. The van der Waals surface area contributed by atoms with Gasteiger partial charge >= 0.3 is 0 Å². The summed E-state index contributed by atoms with van der Waals surface area (Å²) in [6.07, 6.45) is 4.15. The van der Waals surface area contributed by atoms with Gasteiger partial charge in [-0.3, -0.25) is 4.79 Å². The van der Waals surface area contributed by atoms with Gasteiger partial charge in [0.1, 0.15) is 0 Å². The maximum atomic E-state index is 12.7. The molecule has 1 heterocycles. The Hall–Kier alpha value is -0.770. The zero-order valence-electron chi connectivity index (χ0n) is 12.0. The number of carbonyl (C=O) groups excluding carboxylic acids is 1. The Labute approximate surface area is 137 Å². The highest BCUT2D eigenvalue weighted by molar-refractivity contribution is 6.30. The Bertz CT molecular complexity index is 480. The quantitative estimate of drug-likeness (QED) is 0.892. The molecule has 2 fully saturated rings. The summed E-state index contributed by atoms with van der Waals surface area (Å²) in [6.45, 7) is 2.84. The van der Waals surface area contributed by atoms with Gasteiger partial charge in [-0.15, -0.1) is 12.4 Å². The van der Waals surface area contributed by atoms with Crippen LogP contribution in [0, 0.1) is 5.92 Å². The molecular weight excluding hydrogens is 307 g/mol. The summed E-state index contributed by atoms with van der Waals surface area (Å²) in [6, 6.07) is 7.80. The molecule has 1 aromatic rings. The predicted octanol–water partition coefficient (Wildman–Crippen LogP) is 2.91. The van der Waals surface area contributed by atoms with Crippen LogP contribution in [0.1, 0.15) is 31.2 Å². The van der Waals surface area contributed by atoms with E-state index in [1.807, 2.05) is 24.3 Å². The predicted molar refractivity (Wildman–Crippen MR) is 88.2 cm³/mol. The molecule has 1 saturated heterocycles. The van der Waals surface area contributed by atoms with Gasteiger partial charge in [-0.05, 0) is 30.5 Å². The molecular formula is C16H22Cl2N2O. The van der Waals surface area contributed by atoms with Gasteiger partial charge in [0.25, 0.3) is 0 Å². The van der Waals surface area contributed by atoms with Gasteiger partial charge in [0.15, 0.2) is 0 Å². The normalized spacial score (nSPS) is 20.4. The molecule has 1 aliphatic heterocycles. The van der Waals surface area contributed by atoms with Crippen LogP contribution >= 0.6 is 24.0 Å². The Morgan fingerprint density at radius 3 is 2.38 bits per heavy atom. The van der Waals surface area contributed by atoms with E-state index in [0.29, 0.717) is 5.92 Å². The van der Waals surface area contributed by atoms with E-state index >= 15 is 0 Å². The number of hydrogen-bond donors (Lipinski definition) is 2. The molecule has 2 aliphatic rings. The van der Waals surface area contributed by atoms with E-state index in [4.69, 9.17) is 11.6 Å². The number of nitrogens with one attached hydrogen (secondary N) is 2. The van der Waals surface area contributed by atoms with Crippen LogP contribution in [0.4, 0.5) is 0 Å². The molecule has 116 valence electrons. The zero-order valence-corrected chi connectivity index (χ0v) is 13.6. The number of rotatable bonds is 4. The van der Waals surface area contributed by atoms with Crippen molar-refractivity contribution in [3.63, 3.8) is 0 Å². The number of carbonyl (C=O) groups is 1. The van der Waals surface area contributed by atoms with Crippen LogP contribution < -0.4 is 10.6 Å². The summed E-state index contributed by atoms with van der Waals surface area (Å²) in [5, 5.41) is 7.13. The zero-order chi connectivity index (χ0) is 14.0. The minimum absolute atomic E-state index is 0. The van der Waals surface area contributed by atoms with Gasteiger partial charge in [-0.2, -0.15) is 0 Å². The third-order valence-electron chi connectivity index (χ3n) is 4.71. The average molecular weight is 329 g/mol. The minimum atomic E-state index is -0.332. The lowest BCUT2D eigenvalue weighted by Crippen LogP contribution is -2.51. The van der Waals surface area contributed by atoms with Crippen LogP contribution in [0.25, 0.3) is 0 Å². The first-order chi connectivity index (χ1) is 9.71. The van der Waals surface area contributed by atoms with E-state index in [2.05, 4.69) is 10.6 Å². The number of hydrogen-bond acceptors (Lipinski definition) is 2. The number of benzene rings is 1. The molecule has 0 aromatic heterocycles. The lowest BCUT2D eigenvalue weighted by Gasteiger charge is -2.32. The van der Waals surface area contributed by atoms with E-state index in [9.17, 15) is 4.79 Å². The first-order valence-corrected chi connectivity index (χ1v) is 7.83. The van der Waals surface area contributed by atoms with Crippen LogP contribution in [0.5, 0.6) is 0 Å². The van der Waals surface area contributed by atoms with Crippen LogP contribution in [-0.4, -0.2) is 25.5 Å². The SMILES string of the molecule is Cl.O=C(NCC1CNC1)C1(c2ccc(Cl)cc2)CCCC1. The molecule has 1 aliphatic carbocycles. The van der Waals surface area contributed by atoms with Gasteiger partial charge < -0.3 is 10.6 Å². The first kappa shape index (κ1) is 16.6. The van der Waals surface area contributed by atoms with Crippen molar-refractivity contribution in [1.82, 2.24) is 10.6 Å². The highest BCUT2D eigenvalue weighted by atomic mass is 35.5. The molecule has 21 heavy (non-hydrogen) atoms. The topological polar surface area (TPSA) is 41.1 Å². The van der Waals surface area contributed by atoms with E-state index in [-0.39, 0.29) is 23.7 Å².